The predicted molar refractivity (Wildman–Crippen MR) is 77.8 cm³/mol. The van der Waals surface area contributed by atoms with E-state index in [1.54, 1.807) is 12.3 Å². The second kappa shape index (κ2) is 7.72. The highest BCUT2D eigenvalue weighted by molar-refractivity contribution is 5.72. The molecule has 0 aliphatic carbocycles. The molecular weight excluding hydrogens is 368 g/mol. The quantitative estimate of drug-likeness (QED) is 0.268. The molecule has 0 bridgehead atoms. The van der Waals surface area contributed by atoms with Gasteiger partial charge in [-0.05, 0) is 18.2 Å². The number of rotatable bonds is 3. The summed E-state index contributed by atoms with van der Waals surface area (Å²) in [6.07, 6.45) is 2.00. The summed E-state index contributed by atoms with van der Waals surface area (Å²) in [6, 6.07) is 11.1. The number of hydrogen-bond acceptors (Lipinski definition) is 7. The Bertz CT molecular complexity index is 893. The fraction of sp³-hybridized carbons (Fsp3) is 0.200. The van der Waals surface area contributed by atoms with Crippen LogP contribution in [0.15, 0.2) is 42.6 Å². The average Bonchev–Trinajstić information content (AvgIpc) is 2.79. The van der Waals surface area contributed by atoms with E-state index in [1.165, 1.54) is 6.07 Å². The van der Waals surface area contributed by atoms with Crippen molar-refractivity contribution >= 4 is 16.7 Å². The molecule has 0 fully saturated rings. The lowest BCUT2D eigenvalue weighted by atomic mass is 10.2. The van der Waals surface area contributed by atoms with Gasteiger partial charge in [0.15, 0.2) is 11.0 Å². The van der Waals surface area contributed by atoms with Crippen LogP contribution >= 0.6 is 0 Å². The van der Waals surface area contributed by atoms with Crippen molar-refractivity contribution in [3.05, 3.63) is 64.2 Å². The maximum Gasteiger partial charge on any atom is 0.291 e. The highest BCUT2D eigenvalue weighted by Gasteiger charge is 2.24. The van der Waals surface area contributed by atoms with E-state index in [2.05, 4.69) is 4.98 Å². The Morgan fingerprint density at radius 3 is 2.35 bits per heavy atom. The molecule has 3 rings (SSSR count). The molecule has 0 amide bonds. The van der Waals surface area contributed by atoms with Gasteiger partial charge in [0.1, 0.15) is 5.69 Å². The topological polar surface area (TPSA) is 157 Å². The van der Waals surface area contributed by atoms with Crippen LogP contribution in [0.1, 0.15) is 11.5 Å². The second-order valence-corrected chi connectivity index (χ2v) is 6.06. The number of para-hydroxylation sites is 2. The number of fused-ring (bicyclic) bond motifs is 1. The Balaban J connectivity index is 0.000000431. The van der Waals surface area contributed by atoms with Gasteiger partial charge < -0.3 is 0 Å². The number of nitro groups is 1. The fourth-order valence-electron chi connectivity index (χ4n) is 2.65. The highest BCUT2D eigenvalue weighted by atomic mass is 35.7. The number of hydrogen-bond donors (Lipinski definition) is 0. The lowest BCUT2D eigenvalue weighted by molar-refractivity contribution is -2.00. The van der Waals surface area contributed by atoms with E-state index in [0.717, 1.165) is 16.9 Å². The molecule has 1 aromatic carbocycles. The Morgan fingerprint density at radius 2 is 1.77 bits per heavy atom. The molecule has 0 saturated heterocycles. The normalized spacial score (nSPS) is 11.2. The largest absolute Gasteiger partial charge is 0.291 e. The Labute approximate surface area is 150 Å². The van der Waals surface area contributed by atoms with Crippen LogP contribution < -0.4 is 23.2 Å². The van der Waals surface area contributed by atoms with E-state index in [-0.39, 0.29) is 10.6 Å². The van der Waals surface area contributed by atoms with Crippen molar-refractivity contribution in [2.24, 2.45) is 14.1 Å². The molecule has 2 heterocycles. The number of aromatic nitrogens is 3. The first-order chi connectivity index (χ1) is 12.1. The van der Waals surface area contributed by atoms with Crippen LogP contribution in [0, 0.1) is 20.4 Å². The molecule has 10 nitrogen and oxygen atoms in total. The third-order valence-corrected chi connectivity index (χ3v) is 3.77. The fourth-order valence-corrected chi connectivity index (χ4v) is 2.65. The highest BCUT2D eigenvalue weighted by Crippen LogP contribution is 2.20. The van der Waals surface area contributed by atoms with Crippen LogP contribution in [0.5, 0.6) is 0 Å². The van der Waals surface area contributed by atoms with Gasteiger partial charge in [-0.25, -0.2) is 27.8 Å². The van der Waals surface area contributed by atoms with Crippen molar-refractivity contribution in [2.75, 3.05) is 0 Å². The van der Waals surface area contributed by atoms with E-state index < -0.39 is 10.2 Å². The van der Waals surface area contributed by atoms with E-state index in [9.17, 15) is 10.1 Å². The molecule has 11 heteroatoms. The van der Waals surface area contributed by atoms with E-state index in [4.69, 9.17) is 18.6 Å². The summed E-state index contributed by atoms with van der Waals surface area (Å²) in [5.41, 5.74) is 2.72. The molecule has 0 atom stereocenters. The number of nitrogens with zero attached hydrogens (tertiary/aromatic N) is 4. The molecule has 0 N–H and O–H groups in total. The first kappa shape index (κ1) is 19.7. The van der Waals surface area contributed by atoms with Crippen LogP contribution in [0.2, 0.25) is 0 Å². The molecule has 2 aromatic heterocycles. The lowest BCUT2D eigenvalue weighted by Gasteiger charge is -2.17. The number of halogens is 1. The summed E-state index contributed by atoms with van der Waals surface area (Å²) in [5.74, 6) is 0.970. The molecule has 0 aliphatic rings. The maximum atomic E-state index is 11.1. The van der Waals surface area contributed by atoms with Crippen molar-refractivity contribution in [1.82, 2.24) is 9.55 Å². The summed E-state index contributed by atoms with van der Waals surface area (Å²) < 4.78 is 38.1. The zero-order chi connectivity index (χ0) is 19.5. The zero-order valence-corrected chi connectivity index (χ0v) is 14.6. The summed E-state index contributed by atoms with van der Waals surface area (Å²) in [5, 5.41) is 11.1. The lowest BCUT2D eigenvalue weighted by Crippen LogP contribution is -2.68. The maximum absolute atomic E-state index is 11.1. The number of benzene rings is 1. The van der Waals surface area contributed by atoms with E-state index >= 15 is 0 Å². The first-order valence-corrected chi connectivity index (χ1v) is 8.45. The average molecular weight is 383 g/mol. The third-order valence-electron chi connectivity index (χ3n) is 3.77. The minimum absolute atomic E-state index is 0.0581. The Morgan fingerprint density at radius 1 is 1.15 bits per heavy atom. The van der Waals surface area contributed by atoms with E-state index in [1.807, 2.05) is 47.5 Å². The minimum Gasteiger partial charge on any atom is -0.258 e. The number of imidazole rings is 1. The van der Waals surface area contributed by atoms with Gasteiger partial charge in [0.25, 0.3) is 11.5 Å². The molecule has 0 spiro atoms. The summed E-state index contributed by atoms with van der Waals surface area (Å²) in [6.45, 7) is 0. The van der Waals surface area contributed by atoms with Gasteiger partial charge in [0, 0.05) is 12.3 Å². The van der Waals surface area contributed by atoms with Gasteiger partial charge in [0.05, 0.1) is 25.4 Å². The minimum atomic E-state index is -4.94. The zero-order valence-electron chi connectivity index (χ0n) is 13.9. The van der Waals surface area contributed by atoms with E-state index in [0.29, 0.717) is 12.1 Å². The third kappa shape index (κ3) is 4.71. The molecule has 0 radical (unpaired) electrons. The van der Waals surface area contributed by atoms with Gasteiger partial charge in [-0.3, -0.25) is 15.1 Å². The smallest absolute Gasteiger partial charge is 0.258 e. The van der Waals surface area contributed by atoms with Crippen molar-refractivity contribution in [3.63, 3.8) is 0 Å². The molecule has 0 aliphatic heterocycles. The summed E-state index contributed by atoms with van der Waals surface area (Å²) >= 11 is 0. The summed E-state index contributed by atoms with van der Waals surface area (Å²) in [7, 11) is -1.02. The standard InChI is InChI=1S/C15H15N4O2.ClHO4/c1-17-13-6-3-4-7-14(13)18(2)15(17)10-11-12(19(20)21)8-5-9-16-11;2-1(3,4)5/h3-9H,10H2,1-2H3;(H,2,3,4,5)/q+1;/p-1. The van der Waals surface area contributed by atoms with Gasteiger partial charge in [-0.1, -0.05) is 12.1 Å². The van der Waals surface area contributed by atoms with Crippen LogP contribution in [0.3, 0.4) is 0 Å². The van der Waals surface area contributed by atoms with Crippen LogP contribution in [0.25, 0.3) is 11.0 Å². The summed E-state index contributed by atoms with van der Waals surface area (Å²) in [4.78, 5) is 14.9. The molecule has 0 saturated carbocycles. The van der Waals surface area contributed by atoms with Crippen LogP contribution in [0.4, 0.5) is 5.69 Å². The first-order valence-electron chi connectivity index (χ1n) is 7.22. The Kier molecular flexibility index (Phi) is 5.85. The molecular formula is C15H15ClN4O6. The van der Waals surface area contributed by atoms with Crippen molar-refractivity contribution < 1.29 is 38.4 Å². The van der Waals surface area contributed by atoms with Gasteiger partial charge in [-0.2, -0.15) is 0 Å². The molecule has 3 aromatic rings. The van der Waals surface area contributed by atoms with Gasteiger partial charge in [0.2, 0.25) is 0 Å². The monoisotopic (exact) mass is 382 g/mol. The van der Waals surface area contributed by atoms with Crippen molar-refractivity contribution in [1.29, 1.82) is 0 Å². The van der Waals surface area contributed by atoms with Gasteiger partial charge in [-0.15, -0.1) is 10.2 Å². The van der Waals surface area contributed by atoms with Crippen LogP contribution in [-0.2, 0) is 20.5 Å². The number of aryl methyl sites for hydroxylation is 2. The molecule has 138 valence electrons. The molecule has 0 unspecified atom stereocenters. The van der Waals surface area contributed by atoms with Gasteiger partial charge >= 0.3 is 0 Å². The Hall–Kier alpha value is -2.63. The SMILES string of the molecule is Cn1c(Cc2ncccc2[N+](=O)[O-])[n+](C)c2ccccc21.[O-][Cl+3]([O-])([O-])[O-]. The van der Waals surface area contributed by atoms with Crippen LogP contribution in [-0.4, -0.2) is 14.5 Å². The van der Waals surface area contributed by atoms with Crippen molar-refractivity contribution in [3.8, 4) is 0 Å². The second-order valence-electron chi connectivity index (χ2n) is 5.30. The van der Waals surface area contributed by atoms with Crippen molar-refractivity contribution in [2.45, 2.75) is 6.42 Å². The predicted octanol–water partition coefficient (Wildman–Crippen LogP) is -2.86. The number of pyridine rings is 1. The molecule has 26 heavy (non-hydrogen) atoms.